The number of imide groups is 1. The summed E-state index contributed by atoms with van der Waals surface area (Å²) in [6.07, 6.45) is 1.43. The third-order valence-corrected chi connectivity index (χ3v) is 3.87. The second kappa shape index (κ2) is 6.49. The Morgan fingerprint density at radius 1 is 1.15 bits per heavy atom. The molecule has 2 aromatic rings. The third kappa shape index (κ3) is 3.01. The summed E-state index contributed by atoms with van der Waals surface area (Å²) in [5.74, 6) is -0.534. The molecular weight excluding hydrogens is 338 g/mol. The Bertz CT molecular complexity index is 1040. The SMILES string of the molecule is CC1=C(C#N)C(=O)NC(=O)C1=Cc1ccc(-c2ccc([N+](=O)[O-])cc2)o1. The highest BCUT2D eigenvalue weighted by molar-refractivity contribution is 6.19. The van der Waals surface area contributed by atoms with E-state index in [4.69, 9.17) is 9.68 Å². The summed E-state index contributed by atoms with van der Waals surface area (Å²) < 4.78 is 5.65. The highest BCUT2D eigenvalue weighted by Crippen LogP contribution is 2.27. The van der Waals surface area contributed by atoms with Crippen LogP contribution in [0, 0.1) is 21.4 Å². The molecule has 8 heteroatoms. The van der Waals surface area contributed by atoms with E-state index in [0.717, 1.165) is 0 Å². The number of rotatable bonds is 3. The van der Waals surface area contributed by atoms with Gasteiger partial charge >= 0.3 is 0 Å². The van der Waals surface area contributed by atoms with Gasteiger partial charge in [-0.05, 0) is 42.8 Å². The summed E-state index contributed by atoms with van der Waals surface area (Å²) in [6, 6.07) is 10.9. The number of hydrogen-bond acceptors (Lipinski definition) is 6. The normalized spacial score (nSPS) is 15.8. The minimum Gasteiger partial charge on any atom is -0.457 e. The van der Waals surface area contributed by atoms with Crippen LogP contribution in [0.15, 0.2) is 57.5 Å². The van der Waals surface area contributed by atoms with Crippen LogP contribution in [0.3, 0.4) is 0 Å². The monoisotopic (exact) mass is 349 g/mol. The summed E-state index contributed by atoms with van der Waals surface area (Å²) >= 11 is 0. The maximum absolute atomic E-state index is 12.0. The van der Waals surface area contributed by atoms with Gasteiger partial charge in [-0.1, -0.05) is 0 Å². The van der Waals surface area contributed by atoms with Crippen LogP contribution in [0.25, 0.3) is 17.4 Å². The molecule has 0 saturated heterocycles. The molecule has 1 aromatic heterocycles. The number of nitro groups is 1. The number of amides is 2. The van der Waals surface area contributed by atoms with Gasteiger partial charge in [0.25, 0.3) is 17.5 Å². The van der Waals surface area contributed by atoms with Crippen molar-refractivity contribution in [1.82, 2.24) is 5.32 Å². The number of carbonyl (C=O) groups excluding carboxylic acids is 2. The number of hydrogen-bond donors (Lipinski definition) is 1. The molecule has 0 aliphatic carbocycles. The van der Waals surface area contributed by atoms with Crippen LogP contribution < -0.4 is 5.32 Å². The van der Waals surface area contributed by atoms with E-state index in [-0.39, 0.29) is 22.4 Å². The minimum absolute atomic E-state index is 0.0315. The Kier molecular flexibility index (Phi) is 4.21. The van der Waals surface area contributed by atoms with Gasteiger partial charge < -0.3 is 4.42 Å². The molecule has 3 rings (SSSR count). The molecule has 0 bridgehead atoms. The molecule has 0 saturated carbocycles. The zero-order valence-electron chi connectivity index (χ0n) is 13.5. The smallest absolute Gasteiger partial charge is 0.269 e. The molecule has 2 amide bonds. The van der Waals surface area contributed by atoms with Crippen molar-refractivity contribution >= 4 is 23.6 Å². The Labute approximate surface area is 147 Å². The number of nitrogens with one attached hydrogen (secondary N) is 1. The number of non-ortho nitro benzene ring substituents is 1. The number of nitrogens with zero attached hydrogens (tertiary/aromatic N) is 2. The lowest BCUT2D eigenvalue weighted by Gasteiger charge is -2.15. The number of furan rings is 1. The van der Waals surface area contributed by atoms with Crippen LogP contribution in [0.2, 0.25) is 0 Å². The van der Waals surface area contributed by atoms with Gasteiger partial charge in [-0.3, -0.25) is 25.0 Å². The van der Waals surface area contributed by atoms with Gasteiger partial charge in [0.2, 0.25) is 0 Å². The Balaban J connectivity index is 1.95. The second-order valence-electron chi connectivity index (χ2n) is 5.46. The predicted molar refractivity (Wildman–Crippen MR) is 90.2 cm³/mol. The van der Waals surface area contributed by atoms with Crippen molar-refractivity contribution in [2.24, 2.45) is 0 Å². The lowest BCUT2D eigenvalue weighted by Crippen LogP contribution is -2.37. The first-order chi connectivity index (χ1) is 12.4. The maximum atomic E-state index is 12.0. The average molecular weight is 349 g/mol. The standard InChI is InChI=1S/C18H11N3O5/c1-10-14(17(22)20-18(23)15(10)9-19)8-13-6-7-16(26-13)11-2-4-12(5-3-11)21(24)25/h2-8H,1H3,(H,20,22,23). The predicted octanol–water partition coefficient (Wildman–Crippen LogP) is 2.73. The van der Waals surface area contributed by atoms with Gasteiger partial charge in [0.1, 0.15) is 23.2 Å². The van der Waals surface area contributed by atoms with E-state index in [0.29, 0.717) is 17.1 Å². The molecule has 1 aliphatic rings. The van der Waals surface area contributed by atoms with E-state index >= 15 is 0 Å². The first kappa shape index (κ1) is 16.9. The fourth-order valence-electron chi connectivity index (χ4n) is 2.49. The molecule has 1 N–H and O–H groups in total. The van der Waals surface area contributed by atoms with Crippen molar-refractivity contribution in [3.63, 3.8) is 0 Å². The van der Waals surface area contributed by atoms with Crippen LogP contribution in [-0.2, 0) is 9.59 Å². The molecule has 1 aromatic carbocycles. The molecular formula is C18H11N3O5. The van der Waals surface area contributed by atoms with Gasteiger partial charge in [0.05, 0.1) is 4.92 Å². The van der Waals surface area contributed by atoms with Gasteiger partial charge in [0.15, 0.2) is 0 Å². The van der Waals surface area contributed by atoms with Crippen LogP contribution in [0.1, 0.15) is 12.7 Å². The van der Waals surface area contributed by atoms with Crippen LogP contribution in [0.4, 0.5) is 5.69 Å². The Hall–Kier alpha value is -3.99. The first-order valence-corrected chi connectivity index (χ1v) is 7.44. The highest BCUT2D eigenvalue weighted by atomic mass is 16.6. The Morgan fingerprint density at radius 3 is 2.46 bits per heavy atom. The van der Waals surface area contributed by atoms with Crippen molar-refractivity contribution < 1.29 is 18.9 Å². The molecule has 0 radical (unpaired) electrons. The lowest BCUT2D eigenvalue weighted by molar-refractivity contribution is -0.384. The highest BCUT2D eigenvalue weighted by Gasteiger charge is 2.27. The second-order valence-corrected chi connectivity index (χ2v) is 5.46. The summed E-state index contributed by atoms with van der Waals surface area (Å²) in [6.45, 7) is 1.52. The maximum Gasteiger partial charge on any atom is 0.269 e. The van der Waals surface area contributed by atoms with Crippen molar-refractivity contribution in [2.75, 3.05) is 0 Å². The van der Waals surface area contributed by atoms with Crippen molar-refractivity contribution in [2.45, 2.75) is 6.92 Å². The van der Waals surface area contributed by atoms with E-state index in [1.54, 1.807) is 30.3 Å². The van der Waals surface area contributed by atoms with Crippen molar-refractivity contribution in [1.29, 1.82) is 5.26 Å². The average Bonchev–Trinajstić information content (AvgIpc) is 3.07. The largest absolute Gasteiger partial charge is 0.457 e. The zero-order valence-corrected chi connectivity index (χ0v) is 13.5. The van der Waals surface area contributed by atoms with Crippen molar-refractivity contribution in [3.8, 4) is 17.4 Å². The molecule has 0 atom stereocenters. The number of nitriles is 1. The lowest BCUT2D eigenvalue weighted by atomic mass is 9.96. The van der Waals surface area contributed by atoms with Crippen LogP contribution in [-0.4, -0.2) is 16.7 Å². The molecule has 26 heavy (non-hydrogen) atoms. The first-order valence-electron chi connectivity index (χ1n) is 7.44. The third-order valence-electron chi connectivity index (χ3n) is 3.87. The minimum atomic E-state index is -0.724. The summed E-state index contributed by atoms with van der Waals surface area (Å²) in [5, 5.41) is 21.8. The molecule has 2 heterocycles. The van der Waals surface area contributed by atoms with E-state index in [1.807, 2.05) is 0 Å². The molecule has 1 aliphatic heterocycles. The van der Waals surface area contributed by atoms with Gasteiger partial charge in [-0.2, -0.15) is 5.26 Å². The van der Waals surface area contributed by atoms with Crippen molar-refractivity contribution in [3.05, 3.63) is 69.0 Å². The number of nitro benzene ring substituents is 1. The quantitative estimate of drug-likeness (QED) is 0.393. The van der Waals surface area contributed by atoms with Gasteiger partial charge in [-0.25, -0.2) is 0 Å². The fraction of sp³-hybridized carbons (Fsp3) is 0.0556. The van der Waals surface area contributed by atoms with E-state index in [1.165, 1.54) is 25.1 Å². The summed E-state index contributed by atoms with van der Waals surface area (Å²) in [4.78, 5) is 33.8. The van der Waals surface area contributed by atoms with Crippen LogP contribution in [0.5, 0.6) is 0 Å². The Morgan fingerprint density at radius 2 is 1.85 bits per heavy atom. The van der Waals surface area contributed by atoms with E-state index in [2.05, 4.69) is 5.32 Å². The topological polar surface area (TPSA) is 126 Å². The van der Waals surface area contributed by atoms with Crippen LogP contribution >= 0.6 is 0 Å². The molecule has 0 unspecified atom stereocenters. The molecule has 8 nitrogen and oxygen atoms in total. The number of benzene rings is 1. The molecule has 128 valence electrons. The fourth-order valence-corrected chi connectivity index (χ4v) is 2.49. The summed E-state index contributed by atoms with van der Waals surface area (Å²) in [5.41, 5.74) is 0.905. The van der Waals surface area contributed by atoms with E-state index in [9.17, 15) is 19.7 Å². The summed E-state index contributed by atoms with van der Waals surface area (Å²) in [7, 11) is 0. The molecule has 0 spiro atoms. The van der Waals surface area contributed by atoms with E-state index < -0.39 is 16.7 Å². The molecule has 0 fully saturated rings. The van der Waals surface area contributed by atoms with Gasteiger partial charge in [0, 0.05) is 23.3 Å². The zero-order chi connectivity index (χ0) is 18.8. The number of carbonyl (C=O) groups is 2. The van der Waals surface area contributed by atoms with Gasteiger partial charge in [-0.15, -0.1) is 0 Å².